The van der Waals surface area contributed by atoms with Crippen LogP contribution < -0.4 is 15.8 Å². The first-order chi connectivity index (χ1) is 16.4. The first kappa shape index (κ1) is 23.1. The van der Waals surface area contributed by atoms with Crippen LogP contribution in [0, 0.1) is 5.82 Å². The second-order valence-corrected chi connectivity index (χ2v) is 7.72. The van der Waals surface area contributed by atoms with E-state index in [1.807, 2.05) is 35.7 Å². The topological polar surface area (TPSA) is 112 Å². The number of halogens is 1. The molecule has 0 bridgehead atoms. The number of primary amides is 1. The summed E-state index contributed by atoms with van der Waals surface area (Å²) in [7, 11) is 3.32. The summed E-state index contributed by atoms with van der Waals surface area (Å²) < 4.78 is 20.9. The molecular formula is C24H23BFN5O3. The van der Waals surface area contributed by atoms with Crippen molar-refractivity contribution in [3.05, 3.63) is 76.9 Å². The summed E-state index contributed by atoms with van der Waals surface area (Å²) in [5, 5.41) is 3.23. The molecule has 0 aliphatic rings. The van der Waals surface area contributed by atoms with Gasteiger partial charge < -0.3 is 0 Å². The Labute approximate surface area is 196 Å². The third-order valence-electron chi connectivity index (χ3n) is 5.58. The van der Waals surface area contributed by atoms with Crippen LogP contribution in [0.2, 0.25) is 0 Å². The summed E-state index contributed by atoms with van der Waals surface area (Å²) in [6.07, 6.45) is 1.43. The Morgan fingerprint density at radius 1 is 1.18 bits per heavy atom. The number of aryl methyl sites for hydroxylation is 2. The number of methoxy groups -OCH3 is 1. The Kier molecular flexibility index (Phi) is 6.67. The molecule has 2 aromatic heterocycles. The first-order valence-corrected chi connectivity index (χ1v) is 10.8. The van der Waals surface area contributed by atoms with Gasteiger partial charge in [-0.05, 0) is 0 Å². The Hall–Kier alpha value is -4.08. The summed E-state index contributed by atoms with van der Waals surface area (Å²) in [4.78, 5) is 33.3. The van der Waals surface area contributed by atoms with Gasteiger partial charge in [-0.15, -0.1) is 0 Å². The third kappa shape index (κ3) is 4.80. The van der Waals surface area contributed by atoms with E-state index in [4.69, 9.17) is 10.5 Å². The molecule has 4 rings (SSSR count). The minimum atomic E-state index is -0.808. The molecule has 0 saturated heterocycles. The van der Waals surface area contributed by atoms with Gasteiger partial charge in [-0.1, -0.05) is 0 Å². The van der Waals surface area contributed by atoms with Crippen molar-refractivity contribution in [2.24, 2.45) is 5.73 Å². The number of amides is 2. The molecule has 8 nitrogen and oxygen atoms in total. The minimum absolute atomic E-state index is 0.121. The van der Waals surface area contributed by atoms with Crippen LogP contribution in [-0.2, 0) is 19.4 Å². The number of carbonyl (C=O) groups excluding carboxylic acids is 2. The standard InChI is InChI=1S/C24H23BFN5O3/c1-3-21-23(30-25-31(21)11-10-14-4-7-16(34-2)8-5-14)29-24(33)18-13-20(22(27)32)28-19-12-15(26)6-9-17(18)19/h4-9,12-13H,3,10-11H2,1-2H3,(H2,27,32)(H,29,33). The van der Waals surface area contributed by atoms with Crippen LogP contribution in [0.15, 0.2) is 48.5 Å². The second kappa shape index (κ2) is 9.82. The van der Waals surface area contributed by atoms with E-state index in [2.05, 4.69) is 15.2 Å². The molecule has 172 valence electrons. The molecule has 2 heterocycles. The number of benzene rings is 2. The number of pyridine rings is 1. The van der Waals surface area contributed by atoms with Crippen LogP contribution in [0.1, 0.15) is 39.0 Å². The average molecular weight is 459 g/mol. The van der Waals surface area contributed by atoms with E-state index in [1.165, 1.54) is 18.2 Å². The van der Waals surface area contributed by atoms with Crippen molar-refractivity contribution in [3.63, 3.8) is 0 Å². The molecule has 34 heavy (non-hydrogen) atoms. The molecule has 2 amide bonds. The van der Waals surface area contributed by atoms with E-state index >= 15 is 0 Å². The maximum absolute atomic E-state index is 13.7. The van der Waals surface area contributed by atoms with Crippen LogP contribution in [0.5, 0.6) is 5.75 Å². The molecule has 3 N–H and O–H groups in total. The molecule has 0 aliphatic carbocycles. The van der Waals surface area contributed by atoms with Crippen molar-refractivity contribution < 1.29 is 18.7 Å². The van der Waals surface area contributed by atoms with Crippen molar-refractivity contribution >= 4 is 35.7 Å². The Morgan fingerprint density at radius 2 is 1.94 bits per heavy atom. The van der Waals surface area contributed by atoms with E-state index < -0.39 is 17.6 Å². The van der Waals surface area contributed by atoms with Crippen molar-refractivity contribution in [2.75, 3.05) is 12.4 Å². The number of aromatic nitrogens is 3. The number of anilines is 1. The second-order valence-electron chi connectivity index (χ2n) is 7.72. The molecule has 0 spiro atoms. The number of rotatable bonds is 8. The normalized spacial score (nSPS) is 10.8. The van der Waals surface area contributed by atoms with Gasteiger partial charge >= 0.3 is 196 Å². The van der Waals surface area contributed by atoms with Crippen LogP contribution in [-0.4, -0.2) is 40.5 Å². The number of hydrogen-bond donors (Lipinski definition) is 2. The molecule has 0 unspecified atom stereocenters. The summed E-state index contributed by atoms with van der Waals surface area (Å²) in [5.41, 5.74) is 7.58. The van der Waals surface area contributed by atoms with Gasteiger partial charge in [-0.25, -0.2) is 0 Å². The van der Waals surface area contributed by atoms with Crippen molar-refractivity contribution in [2.45, 2.75) is 26.3 Å². The van der Waals surface area contributed by atoms with Gasteiger partial charge in [0.2, 0.25) is 0 Å². The molecular weight excluding hydrogens is 436 g/mol. The van der Waals surface area contributed by atoms with Gasteiger partial charge in [0.1, 0.15) is 0 Å². The van der Waals surface area contributed by atoms with Crippen LogP contribution in [0.25, 0.3) is 10.9 Å². The Balaban J connectivity index is 1.58. The van der Waals surface area contributed by atoms with Gasteiger partial charge in [0.15, 0.2) is 0 Å². The van der Waals surface area contributed by atoms with Crippen LogP contribution in [0.3, 0.4) is 0 Å². The number of nitrogens with one attached hydrogen (secondary N) is 1. The predicted molar refractivity (Wildman–Crippen MR) is 128 cm³/mol. The monoisotopic (exact) mass is 459 g/mol. The van der Waals surface area contributed by atoms with E-state index in [1.54, 1.807) is 14.3 Å². The zero-order chi connectivity index (χ0) is 24.2. The number of ether oxygens (including phenoxy) is 1. The number of fused-ring (bicyclic) bond motifs is 1. The first-order valence-electron chi connectivity index (χ1n) is 10.8. The number of nitrogens with two attached hydrogens (primary N) is 1. The maximum atomic E-state index is 13.7. The molecule has 2 aromatic carbocycles. The van der Waals surface area contributed by atoms with Crippen LogP contribution in [0.4, 0.5) is 10.2 Å². The fourth-order valence-electron chi connectivity index (χ4n) is 3.81. The summed E-state index contributed by atoms with van der Waals surface area (Å²) in [6.45, 7) is 2.66. The quantitative estimate of drug-likeness (QED) is 0.421. The molecule has 4 aromatic rings. The molecule has 0 atom stereocenters. The fourth-order valence-corrected chi connectivity index (χ4v) is 3.81. The summed E-state index contributed by atoms with van der Waals surface area (Å²) in [5.74, 6) is -0.600. The van der Waals surface area contributed by atoms with E-state index in [-0.39, 0.29) is 16.8 Å². The number of hydrogen-bond acceptors (Lipinski definition) is 5. The van der Waals surface area contributed by atoms with Crippen molar-refractivity contribution in [1.82, 2.24) is 14.3 Å². The number of carbonyl (C=O) groups is 2. The average Bonchev–Trinajstić information content (AvgIpc) is 3.23. The number of nitrogens with zero attached hydrogens (tertiary/aromatic N) is 3. The van der Waals surface area contributed by atoms with Gasteiger partial charge in [0.05, 0.1) is 0 Å². The van der Waals surface area contributed by atoms with Gasteiger partial charge in [-0.2, -0.15) is 0 Å². The van der Waals surface area contributed by atoms with Crippen molar-refractivity contribution in [3.8, 4) is 5.75 Å². The van der Waals surface area contributed by atoms with Gasteiger partial charge in [-0.3, -0.25) is 0 Å². The Bertz CT molecular complexity index is 1370. The molecule has 0 fully saturated rings. The van der Waals surface area contributed by atoms with E-state index in [9.17, 15) is 14.0 Å². The van der Waals surface area contributed by atoms with E-state index in [0.29, 0.717) is 24.2 Å². The summed E-state index contributed by atoms with van der Waals surface area (Å²) >= 11 is 0. The molecule has 0 saturated carbocycles. The predicted octanol–water partition coefficient (Wildman–Crippen LogP) is 3.07. The third-order valence-corrected chi connectivity index (χ3v) is 5.58. The zero-order valence-corrected chi connectivity index (χ0v) is 18.8. The van der Waals surface area contributed by atoms with Crippen molar-refractivity contribution in [1.29, 1.82) is 0 Å². The Morgan fingerprint density at radius 3 is 2.62 bits per heavy atom. The SMILES string of the molecule is CCc1c(NC(=O)c2cc(C(N)=O)nc3cc(F)ccc23)nbn1CCc1ccc(OC)cc1. The molecule has 0 radical (unpaired) electrons. The molecule has 10 heteroatoms. The zero-order valence-electron chi connectivity index (χ0n) is 18.8. The van der Waals surface area contributed by atoms with E-state index in [0.717, 1.165) is 29.5 Å². The molecule has 0 aliphatic heterocycles. The fraction of sp³-hybridized carbons (Fsp3) is 0.208. The van der Waals surface area contributed by atoms with Gasteiger partial charge in [0, 0.05) is 0 Å². The van der Waals surface area contributed by atoms with Gasteiger partial charge in [0.25, 0.3) is 0 Å². The summed E-state index contributed by atoms with van der Waals surface area (Å²) in [6, 6.07) is 13.0. The van der Waals surface area contributed by atoms with Crippen LogP contribution >= 0.6 is 0 Å².